The first-order chi connectivity index (χ1) is 10.3. The maximum absolute atomic E-state index is 4.57. The fourth-order valence-corrected chi connectivity index (χ4v) is 2.66. The Morgan fingerprint density at radius 2 is 1.90 bits per heavy atom. The highest BCUT2D eigenvalue weighted by atomic mass is 15.3. The van der Waals surface area contributed by atoms with Gasteiger partial charge in [0.05, 0.1) is 11.7 Å². The molecule has 1 heterocycles. The minimum atomic E-state index is 0.149. The zero-order valence-electron chi connectivity index (χ0n) is 12.6. The Morgan fingerprint density at radius 1 is 1.10 bits per heavy atom. The van der Waals surface area contributed by atoms with Gasteiger partial charge in [-0.3, -0.25) is 4.68 Å². The Bertz CT molecular complexity index is 730. The number of rotatable bonds is 5. The van der Waals surface area contributed by atoms with Crippen molar-refractivity contribution in [2.75, 3.05) is 6.54 Å². The number of benzene rings is 2. The van der Waals surface area contributed by atoms with Gasteiger partial charge < -0.3 is 5.32 Å². The van der Waals surface area contributed by atoms with E-state index >= 15 is 0 Å². The van der Waals surface area contributed by atoms with Crippen LogP contribution in [0.25, 0.3) is 10.8 Å². The van der Waals surface area contributed by atoms with Crippen molar-refractivity contribution in [2.45, 2.75) is 19.4 Å². The number of hydrogen-bond donors (Lipinski definition) is 1. The van der Waals surface area contributed by atoms with E-state index in [-0.39, 0.29) is 6.04 Å². The minimum Gasteiger partial charge on any atom is -0.305 e. The van der Waals surface area contributed by atoms with Gasteiger partial charge in [-0.2, -0.15) is 5.10 Å². The maximum Gasteiger partial charge on any atom is 0.0839 e. The van der Waals surface area contributed by atoms with E-state index in [1.807, 2.05) is 17.9 Å². The van der Waals surface area contributed by atoms with Gasteiger partial charge in [-0.15, -0.1) is 0 Å². The van der Waals surface area contributed by atoms with Crippen LogP contribution in [0.1, 0.15) is 30.6 Å². The number of fused-ring (bicyclic) bond motifs is 1. The van der Waals surface area contributed by atoms with Crippen molar-refractivity contribution < 1.29 is 0 Å². The van der Waals surface area contributed by atoms with Gasteiger partial charge in [-0.25, -0.2) is 0 Å². The molecule has 0 spiro atoms. The third kappa shape index (κ3) is 2.98. The molecule has 3 nitrogen and oxygen atoms in total. The Balaban J connectivity index is 2.00. The molecule has 0 aliphatic carbocycles. The van der Waals surface area contributed by atoms with Crippen LogP contribution in [0, 0.1) is 0 Å². The van der Waals surface area contributed by atoms with Crippen LogP contribution in [-0.4, -0.2) is 16.3 Å². The summed E-state index contributed by atoms with van der Waals surface area (Å²) in [5.74, 6) is 0. The van der Waals surface area contributed by atoms with E-state index in [9.17, 15) is 0 Å². The zero-order chi connectivity index (χ0) is 14.7. The summed E-state index contributed by atoms with van der Waals surface area (Å²) in [6.07, 6.45) is 3.11. The number of aryl methyl sites for hydroxylation is 1. The summed E-state index contributed by atoms with van der Waals surface area (Å²) < 4.78 is 1.86. The molecule has 1 aromatic heterocycles. The maximum atomic E-state index is 4.57. The van der Waals surface area contributed by atoms with Crippen LogP contribution >= 0.6 is 0 Å². The molecular formula is C18H21N3. The standard InChI is InChI=1S/C18H21N3/c1-3-11-19-18(17-10-12-21(2)20-17)16-9-8-14-6-4-5-7-15(14)13-16/h4-10,12-13,18-19H,3,11H2,1-2H3. The van der Waals surface area contributed by atoms with Crippen LogP contribution in [0.15, 0.2) is 54.7 Å². The van der Waals surface area contributed by atoms with Crippen LogP contribution in [-0.2, 0) is 7.05 Å². The Hall–Kier alpha value is -2.13. The third-order valence-corrected chi connectivity index (χ3v) is 3.74. The molecule has 0 aliphatic heterocycles. The van der Waals surface area contributed by atoms with E-state index < -0.39 is 0 Å². The average molecular weight is 279 g/mol. The molecule has 3 aromatic rings. The van der Waals surface area contributed by atoms with E-state index in [1.165, 1.54) is 16.3 Å². The highest BCUT2D eigenvalue weighted by Gasteiger charge is 2.16. The highest BCUT2D eigenvalue weighted by molar-refractivity contribution is 5.83. The molecule has 3 rings (SSSR count). The van der Waals surface area contributed by atoms with Crippen LogP contribution in [0.3, 0.4) is 0 Å². The number of aromatic nitrogens is 2. The second kappa shape index (κ2) is 6.10. The number of nitrogens with one attached hydrogen (secondary N) is 1. The highest BCUT2D eigenvalue weighted by Crippen LogP contribution is 2.24. The van der Waals surface area contributed by atoms with Gasteiger partial charge in [0, 0.05) is 13.2 Å². The molecule has 1 N–H and O–H groups in total. The number of hydrogen-bond acceptors (Lipinski definition) is 2. The Kier molecular flexibility index (Phi) is 4.02. The lowest BCUT2D eigenvalue weighted by atomic mass is 9.99. The fraction of sp³-hybridized carbons (Fsp3) is 0.278. The van der Waals surface area contributed by atoms with Crippen LogP contribution < -0.4 is 5.32 Å². The first-order valence-corrected chi connectivity index (χ1v) is 7.49. The SMILES string of the molecule is CCCNC(c1ccc2ccccc2c1)c1ccn(C)n1. The molecule has 0 bridgehead atoms. The predicted molar refractivity (Wildman–Crippen MR) is 87.3 cm³/mol. The molecular weight excluding hydrogens is 258 g/mol. The van der Waals surface area contributed by atoms with E-state index in [4.69, 9.17) is 0 Å². The number of nitrogens with zero attached hydrogens (tertiary/aromatic N) is 2. The second-order valence-corrected chi connectivity index (χ2v) is 5.41. The van der Waals surface area contributed by atoms with Crippen LogP contribution in [0.4, 0.5) is 0 Å². The summed E-state index contributed by atoms with van der Waals surface area (Å²) in [4.78, 5) is 0. The van der Waals surface area contributed by atoms with Gasteiger partial charge in [0.15, 0.2) is 0 Å². The molecule has 0 aliphatic rings. The van der Waals surface area contributed by atoms with Crippen LogP contribution in [0.2, 0.25) is 0 Å². The van der Waals surface area contributed by atoms with Gasteiger partial charge in [-0.05, 0) is 41.4 Å². The van der Waals surface area contributed by atoms with Crippen molar-refractivity contribution in [3.8, 4) is 0 Å². The van der Waals surface area contributed by atoms with E-state index in [2.05, 4.69) is 65.9 Å². The first kappa shape index (κ1) is 13.8. The summed E-state index contributed by atoms with van der Waals surface area (Å²) in [6.45, 7) is 3.16. The summed E-state index contributed by atoms with van der Waals surface area (Å²) >= 11 is 0. The van der Waals surface area contributed by atoms with Crippen molar-refractivity contribution >= 4 is 10.8 Å². The smallest absolute Gasteiger partial charge is 0.0839 e. The largest absolute Gasteiger partial charge is 0.305 e. The van der Waals surface area contributed by atoms with E-state index in [0.29, 0.717) is 0 Å². The van der Waals surface area contributed by atoms with Crippen molar-refractivity contribution in [2.24, 2.45) is 7.05 Å². The molecule has 0 saturated carbocycles. The zero-order valence-corrected chi connectivity index (χ0v) is 12.6. The van der Waals surface area contributed by atoms with Crippen molar-refractivity contribution in [1.82, 2.24) is 15.1 Å². The lowest BCUT2D eigenvalue weighted by Gasteiger charge is -2.17. The third-order valence-electron chi connectivity index (χ3n) is 3.74. The second-order valence-electron chi connectivity index (χ2n) is 5.41. The van der Waals surface area contributed by atoms with Crippen molar-refractivity contribution in [3.63, 3.8) is 0 Å². The molecule has 108 valence electrons. The molecule has 0 amide bonds. The normalized spacial score (nSPS) is 12.7. The topological polar surface area (TPSA) is 29.9 Å². The Morgan fingerprint density at radius 3 is 2.62 bits per heavy atom. The molecule has 0 saturated heterocycles. The van der Waals surface area contributed by atoms with Crippen molar-refractivity contribution in [1.29, 1.82) is 0 Å². The molecule has 1 atom stereocenters. The van der Waals surface area contributed by atoms with Gasteiger partial charge in [0.1, 0.15) is 0 Å². The average Bonchev–Trinajstić information content (AvgIpc) is 2.94. The van der Waals surface area contributed by atoms with E-state index in [1.54, 1.807) is 0 Å². The van der Waals surface area contributed by atoms with Gasteiger partial charge in [-0.1, -0.05) is 43.3 Å². The monoisotopic (exact) mass is 279 g/mol. The minimum absolute atomic E-state index is 0.149. The summed E-state index contributed by atoms with van der Waals surface area (Å²) in [6, 6.07) is 17.4. The molecule has 21 heavy (non-hydrogen) atoms. The van der Waals surface area contributed by atoms with Crippen molar-refractivity contribution in [3.05, 3.63) is 66.0 Å². The van der Waals surface area contributed by atoms with Gasteiger partial charge in [0.2, 0.25) is 0 Å². The molecule has 3 heteroatoms. The molecule has 0 fully saturated rings. The lowest BCUT2D eigenvalue weighted by molar-refractivity contribution is 0.576. The van der Waals surface area contributed by atoms with Gasteiger partial charge in [0.25, 0.3) is 0 Å². The summed E-state index contributed by atoms with van der Waals surface area (Å²) in [5.41, 5.74) is 2.34. The van der Waals surface area contributed by atoms with E-state index in [0.717, 1.165) is 18.7 Å². The fourth-order valence-electron chi connectivity index (χ4n) is 2.66. The molecule has 0 radical (unpaired) electrons. The van der Waals surface area contributed by atoms with Gasteiger partial charge >= 0.3 is 0 Å². The summed E-state index contributed by atoms with van der Waals surface area (Å²) in [5, 5.41) is 10.7. The Labute approximate surface area is 125 Å². The predicted octanol–water partition coefficient (Wildman–Crippen LogP) is 3.66. The lowest BCUT2D eigenvalue weighted by Crippen LogP contribution is -2.23. The summed E-state index contributed by atoms with van der Waals surface area (Å²) in [7, 11) is 1.96. The van der Waals surface area contributed by atoms with Crippen LogP contribution in [0.5, 0.6) is 0 Å². The first-order valence-electron chi connectivity index (χ1n) is 7.49. The molecule has 2 aromatic carbocycles. The quantitative estimate of drug-likeness (QED) is 0.772. The molecule has 1 unspecified atom stereocenters.